The van der Waals surface area contributed by atoms with Crippen LogP contribution in [0.3, 0.4) is 0 Å². The second-order valence-corrected chi connectivity index (χ2v) is 6.89. The summed E-state index contributed by atoms with van der Waals surface area (Å²) in [5.74, 6) is 0.221. The van der Waals surface area contributed by atoms with E-state index in [0.29, 0.717) is 34.9 Å². The monoisotopic (exact) mass is 432 g/mol. The van der Waals surface area contributed by atoms with Crippen LogP contribution in [-0.4, -0.2) is 29.6 Å². The Morgan fingerprint density at radius 2 is 1.94 bits per heavy atom. The summed E-state index contributed by atoms with van der Waals surface area (Å²) in [5.41, 5.74) is 2.36. The average molecular weight is 432 g/mol. The fourth-order valence-corrected chi connectivity index (χ4v) is 3.21. The maximum absolute atomic E-state index is 12.6. The van der Waals surface area contributed by atoms with E-state index in [4.69, 9.17) is 18.7 Å². The van der Waals surface area contributed by atoms with Crippen molar-refractivity contribution in [2.45, 2.75) is 20.8 Å². The van der Waals surface area contributed by atoms with E-state index in [1.54, 1.807) is 25.1 Å². The van der Waals surface area contributed by atoms with E-state index < -0.39 is 11.9 Å². The lowest BCUT2D eigenvalue weighted by Gasteiger charge is -2.09. The highest BCUT2D eigenvalue weighted by atomic mass is 16.6. The maximum Gasteiger partial charge on any atom is 0.363 e. The van der Waals surface area contributed by atoms with Gasteiger partial charge in [-0.3, -0.25) is 4.79 Å². The van der Waals surface area contributed by atoms with Crippen LogP contribution in [0.2, 0.25) is 0 Å². The van der Waals surface area contributed by atoms with E-state index in [0.717, 1.165) is 5.56 Å². The second-order valence-electron chi connectivity index (χ2n) is 6.89. The number of cyclic esters (lactones) is 1. The van der Waals surface area contributed by atoms with E-state index >= 15 is 0 Å². The molecule has 162 valence electrons. The number of hydrogen-bond acceptors (Lipinski definition) is 8. The first-order valence-electron chi connectivity index (χ1n) is 9.96. The lowest BCUT2D eigenvalue weighted by molar-refractivity contribution is -0.132. The molecule has 2 heterocycles. The summed E-state index contributed by atoms with van der Waals surface area (Å²) < 4.78 is 21.5. The van der Waals surface area contributed by atoms with Crippen LogP contribution >= 0.6 is 0 Å². The molecule has 3 aromatic rings. The molecule has 4 rings (SSSR count). The number of hydrogen-bond donors (Lipinski definition) is 0. The van der Waals surface area contributed by atoms with Gasteiger partial charge in [-0.2, -0.15) is 0 Å². The average Bonchev–Trinajstić information content (AvgIpc) is 3.32. The molecule has 0 spiro atoms. The number of aromatic nitrogens is 1. The molecular formula is C24H20N2O6. The van der Waals surface area contributed by atoms with Crippen molar-refractivity contribution in [1.29, 1.82) is 0 Å². The number of ether oxygens (including phenoxy) is 3. The first-order chi connectivity index (χ1) is 15.5. The third-order valence-electron chi connectivity index (χ3n) is 4.59. The largest absolute Gasteiger partial charge is 0.494 e. The summed E-state index contributed by atoms with van der Waals surface area (Å²) >= 11 is 0. The Kier molecular flexibility index (Phi) is 5.85. The van der Waals surface area contributed by atoms with Crippen LogP contribution in [0, 0.1) is 6.92 Å². The Morgan fingerprint density at radius 3 is 2.66 bits per heavy atom. The number of benzene rings is 2. The molecule has 0 fully saturated rings. The first kappa shape index (κ1) is 21.0. The molecule has 1 aliphatic rings. The zero-order chi connectivity index (χ0) is 22.7. The zero-order valence-corrected chi connectivity index (χ0v) is 17.7. The van der Waals surface area contributed by atoms with E-state index in [1.807, 2.05) is 37.3 Å². The normalized spacial score (nSPS) is 14.3. The van der Waals surface area contributed by atoms with Crippen molar-refractivity contribution in [2.24, 2.45) is 4.99 Å². The minimum absolute atomic E-state index is 0.0529. The van der Waals surface area contributed by atoms with Gasteiger partial charge in [-0.15, -0.1) is 0 Å². The quantitative estimate of drug-likeness (QED) is 0.325. The molecule has 0 N–H and O–H groups in total. The van der Waals surface area contributed by atoms with Gasteiger partial charge in [-0.1, -0.05) is 35.5 Å². The molecule has 0 aliphatic carbocycles. The predicted octanol–water partition coefficient (Wildman–Crippen LogP) is 4.32. The smallest absolute Gasteiger partial charge is 0.363 e. The van der Waals surface area contributed by atoms with Gasteiger partial charge in [0.1, 0.15) is 28.5 Å². The van der Waals surface area contributed by atoms with Crippen molar-refractivity contribution >= 4 is 23.9 Å². The molecule has 1 aliphatic heterocycles. The number of aryl methyl sites for hydroxylation is 1. The SMILES string of the molecule is CCOc1ccc(C=C2N=C(c3c(-c4ccccc4)noc3C)OC2=O)c(OC(C)=O)c1. The molecule has 0 atom stereocenters. The van der Waals surface area contributed by atoms with Crippen LogP contribution in [0.5, 0.6) is 11.5 Å². The molecule has 0 saturated heterocycles. The summed E-state index contributed by atoms with van der Waals surface area (Å²) in [7, 11) is 0. The van der Waals surface area contributed by atoms with Crippen LogP contribution in [0.4, 0.5) is 0 Å². The number of rotatable bonds is 6. The van der Waals surface area contributed by atoms with Gasteiger partial charge in [-0.25, -0.2) is 9.79 Å². The molecule has 0 unspecified atom stereocenters. The molecule has 2 aromatic carbocycles. The molecule has 0 saturated carbocycles. The fraction of sp³-hybridized carbons (Fsp3) is 0.167. The summed E-state index contributed by atoms with van der Waals surface area (Å²) in [6, 6.07) is 14.4. The fourth-order valence-electron chi connectivity index (χ4n) is 3.21. The minimum Gasteiger partial charge on any atom is -0.494 e. The van der Waals surface area contributed by atoms with Crippen molar-refractivity contribution in [2.75, 3.05) is 6.61 Å². The van der Waals surface area contributed by atoms with Gasteiger partial charge in [-0.05, 0) is 32.1 Å². The lowest BCUT2D eigenvalue weighted by Crippen LogP contribution is -2.07. The highest BCUT2D eigenvalue weighted by Crippen LogP contribution is 2.31. The van der Waals surface area contributed by atoms with Crippen LogP contribution < -0.4 is 9.47 Å². The summed E-state index contributed by atoms with van der Waals surface area (Å²) in [6.45, 7) is 5.33. The molecule has 1 aromatic heterocycles. The van der Waals surface area contributed by atoms with Crippen molar-refractivity contribution < 1.29 is 28.3 Å². The third-order valence-corrected chi connectivity index (χ3v) is 4.59. The lowest BCUT2D eigenvalue weighted by atomic mass is 10.1. The molecular weight excluding hydrogens is 412 g/mol. The third kappa shape index (κ3) is 4.29. The first-order valence-corrected chi connectivity index (χ1v) is 9.96. The standard InChI is InChI=1S/C24H20N2O6/c1-4-29-18-11-10-17(20(13-18)30-15(3)27)12-19-24(28)31-23(25-19)21-14(2)32-26-22(21)16-8-6-5-7-9-16/h5-13H,4H2,1-3H3. The highest BCUT2D eigenvalue weighted by molar-refractivity contribution is 6.15. The van der Waals surface area contributed by atoms with E-state index in [-0.39, 0.29) is 17.3 Å². The van der Waals surface area contributed by atoms with Crippen molar-refractivity contribution in [3.05, 3.63) is 71.1 Å². The van der Waals surface area contributed by atoms with Gasteiger partial charge in [0.05, 0.1) is 6.61 Å². The number of aliphatic imine (C=N–C) groups is 1. The Bertz CT molecular complexity index is 1240. The molecule has 0 radical (unpaired) electrons. The molecule has 8 nitrogen and oxygen atoms in total. The summed E-state index contributed by atoms with van der Waals surface area (Å²) in [6.07, 6.45) is 1.49. The summed E-state index contributed by atoms with van der Waals surface area (Å²) in [4.78, 5) is 28.5. The van der Waals surface area contributed by atoms with E-state index in [9.17, 15) is 9.59 Å². The van der Waals surface area contributed by atoms with E-state index in [2.05, 4.69) is 10.1 Å². The van der Waals surface area contributed by atoms with Gasteiger partial charge < -0.3 is 18.7 Å². The second kappa shape index (κ2) is 8.89. The van der Waals surface area contributed by atoms with Gasteiger partial charge >= 0.3 is 11.9 Å². The van der Waals surface area contributed by atoms with Crippen LogP contribution in [0.1, 0.15) is 30.7 Å². The van der Waals surface area contributed by atoms with Crippen molar-refractivity contribution in [1.82, 2.24) is 5.16 Å². The van der Waals surface area contributed by atoms with Crippen molar-refractivity contribution in [3.63, 3.8) is 0 Å². The molecule has 0 bridgehead atoms. The number of carbonyl (C=O) groups is 2. The van der Waals surface area contributed by atoms with Crippen LogP contribution in [0.25, 0.3) is 17.3 Å². The van der Waals surface area contributed by atoms with Gasteiger partial charge in [0.15, 0.2) is 5.70 Å². The topological polar surface area (TPSA) is 100 Å². The predicted molar refractivity (Wildman–Crippen MR) is 116 cm³/mol. The zero-order valence-electron chi connectivity index (χ0n) is 17.7. The van der Waals surface area contributed by atoms with Gasteiger partial charge in [0.2, 0.25) is 5.90 Å². The minimum atomic E-state index is -0.637. The Labute approximate surface area is 184 Å². The van der Waals surface area contributed by atoms with Gasteiger partial charge in [0.25, 0.3) is 0 Å². The number of nitrogens with zero attached hydrogens (tertiary/aromatic N) is 2. The van der Waals surface area contributed by atoms with Crippen LogP contribution in [0.15, 0.2) is 63.7 Å². The Morgan fingerprint density at radius 1 is 1.16 bits per heavy atom. The molecule has 0 amide bonds. The van der Waals surface area contributed by atoms with Gasteiger partial charge in [0, 0.05) is 24.1 Å². The Hall–Kier alpha value is -4.20. The maximum atomic E-state index is 12.6. The number of carbonyl (C=O) groups excluding carboxylic acids is 2. The summed E-state index contributed by atoms with van der Waals surface area (Å²) in [5, 5.41) is 4.10. The van der Waals surface area contributed by atoms with E-state index in [1.165, 1.54) is 13.0 Å². The van der Waals surface area contributed by atoms with Crippen molar-refractivity contribution in [3.8, 4) is 22.8 Å². The Balaban J connectivity index is 1.74. The van der Waals surface area contributed by atoms with Crippen LogP contribution in [-0.2, 0) is 14.3 Å². The molecule has 32 heavy (non-hydrogen) atoms. The number of esters is 2. The molecule has 8 heteroatoms. The highest BCUT2D eigenvalue weighted by Gasteiger charge is 2.30.